The number of rotatable bonds is 4. The Morgan fingerprint density at radius 2 is 1.63 bits per heavy atom. The lowest BCUT2D eigenvalue weighted by atomic mass is 10.1. The van der Waals surface area contributed by atoms with Gasteiger partial charge in [0.1, 0.15) is 0 Å². The van der Waals surface area contributed by atoms with E-state index in [4.69, 9.17) is 0 Å². The van der Waals surface area contributed by atoms with Gasteiger partial charge in [0.2, 0.25) is 0 Å². The Hall–Kier alpha value is -3.14. The van der Waals surface area contributed by atoms with Crippen LogP contribution in [-0.2, 0) is 0 Å². The molecule has 0 bridgehead atoms. The van der Waals surface area contributed by atoms with Crippen molar-refractivity contribution in [2.45, 2.75) is 34.6 Å². The minimum Gasteiger partial charge on any atom is -0.318 e. The third-order valence-electron chi connectivity index (χ3n) is 4.69. The van der Waals surface area contributed by atoms with E-state index in [0.717, 1.165) is 28.2 Å². The average molecular weight is 359 g/mol. The average Bonchev–Trinajstić information content (AvgIpc) is 2.88. The number of aromatic nitrogens is 1. The second-order valence-corrected chi connectivity index (χ2v) is 7.02. The number of benzene rings is 2. The summed E-state index contributed by atoms with van der Waals surface area (Å²) in [7, 11) is 0. The fourth-order valence-corrected chi connectivity index (χ4v) is 3.44. The monoisotopic (exact) mass is 359 g/mol. The molecular weight excluding hydrogens is 334 g/mol. The van der Waals surface area contributed by atoms with Crippen molar-refractivity contribution in [2.75, 3.05) is 0 Å². The van der Waals surface area contributed by atoms with Gasteiger partial charge in [-0.15, -0.1) is 0 Å². The summed E-state index contributed by atoms with van der Waals surface area (Å²) >= 11 is 0. The van der Waals surface area contributed by atoms with E-state index in [1.165, 1.54) is 11.1 Å². The molecule has 0 saturated heterocycles. The van der Waals surface area contributed by atoms with Gasteiger partial charge >= 0.3 is 0 Å². The molecule has 1 heterocycles. The van der Waals surface area contributed by atoms with Crippen LogP contribution in [0.15, 0.2) is 53.6 Å². The largest absolute Gasteiger partial charge is 0.318 e. The molecule has 0 saturated carbocycles. The number of aryl methyl sites for hydroxylation is 4. The van der Waals surface area contributed by atoms with Crippen molar-refractivity contribution in [3.63, 3.8) is 0 Å². The fourth-order valence-electron chi connectivity index (χ4n) is 3.44. The Bertz CT molecular complexity index is 1010. The van der Waals surface area contributed by atoms with E-state index in [0.29, 0.717) is 5.56 Å². The standard InChI is InChI=1S/C23H25N3O/c1-15-10-16(2)12-21(11-15)26-18(4)13-20(19(26)5)14-24-25-23(27)22-9-7-6-8-17(22)3/h6-14H,1-5H3,(H,25,27)/b24-14-. The fraction of sp³-hybridized carbons (Fsp3) is 0.217. The summed E-state index contributed by atoms with van der Waals surface area (Å²) in [6.45, 7) is 10.3. The maximum atomic E-state index is 12.3. The highest BCUT2D eigenvalue weighted by molar-refractivity contribution is 5.96. The topological polar surface area (TPSA) is 46.4 Å². The predicted molar refractivity (Wildman–Crippen MR) is 111 cm³/mol. The van der Waals surface area contributed by atoms with Gasteiger partial charge in [0.25, 0.3) is 5.91 Å². The zero-order valence-corrected chi connectivity index (χ0v) is 16.5. The Morgan fingerprint density at radius 1 is 0.963 bits per heavy atom. The summed E-state index contributed by atoms with van der Waals surface area (Å²) in [6.07, 6.45) is 1.71. The second-order valence-electron chi connectivity index (χ2n) is 7.02. The molecule has 0 unspecified atom stereocenters. The van der Waals surface area contributed by atoms with E-state index < -0.39 is 0 Å². The van der Waals surface area contributed by atoms with E-state index >= 15 is 0 Å². The highest BCUT2D eigenvalue weighted by Gasteiger charge is 2.11. The number of nitrogens with zero attached hydrogens (tertiary/aromatic N) is 2. The smallest absolute Gasteiger partial charge is 0.271 e. The Labute approximate surface area is 160 Å². The molecule has 27 heavy (non-hydrogen) atoms. The van der Waals surface area contributed by atoms with Crippen molar-refractivity contribution in [3.05, 3.63) is 87.7 Å². The molecule has 0 aliphatic carbocycles. The lowest BCUT2D eigenvalue weighted by Crippen LogP contribution is -2.18. The van der Waals surface area contributed by atoms with Gasteiger partial charge in [0.15, 0.2) is 0 Å². The Kier molecular flexibility index (Phi) is 5.26. The molecule has 0 fully saturated rings. The van der Waals surface area contributed by atoms with Crippen LogP contribution in [0.1, 0.15) is 44.0 Å². The first kappa shape index (κ1) is 18.6. The summed E-state index contributed by atoms with van der Waals surface area (Å²) < 4.78 is 2.21. The molecule has 0 atom stereocenters. The zero-order chi connectivity index (χ0) is 19.6. The van der Waals surface area contributed by atoms with Crippen molar-refractivity contribution in [1.29, 1.82) is 0 Å². The van der Waals surface area contributed by atoms with Gasteiger partial charge in [-0.3, -0.25) is 4.79 Å². The molecule has 4 nitrogen and oxygen atoms in total. The summed E-state index contributed by atoms with van der Waals surface area (Å²) in [4.78, 5) is 12.3. The third kappa shape index (κ3) is 4.00. The minimum atomic E-state index is -0.201. The van der Waals surface area contributed by atoms with Crippen LogP contribution in [0, 0.1) is 34.6 Å². The van der Waals surface area contributed by atoms with Gasteiger partial charge in [-0.1, -0.05) is 24.3 Å². The number of nitrogens with one attached hydrogen (secondary N) is 1. The lowest BCUT2D eigenvalue weighted by molar-refractivity contribution is 0.0954. The third-order valence-corrected chi connectivity index (χ3v) is 4.69. The Morgan fingerprint density at radius 3 is 2.30 bits per heavy atom. The molecule has 2 aromatic carbocycles. The quantitative estimate of drug-likeness (QED) is 0.529. The zero-order valence-electron chi connectivity index (χ0n) is 16.5. The summed E-state index contributed by atoms with van der Waals surface area (Å²) in [5.74, 6) is -0.201. The van der Waals surface area contributed by atoms with E-state index in [9.17, 15) is 4.79 Å². The predicted octanol–water partition coefficient (Wildman–Crippen LogP) is 4.78. The van der Waals surface area contributed by atoms with Crippen LogP contribution in [0.25, 0.3) is 5.69 Å². The first-order valence-corrected chi connectivity index (χ1v) is 9.03. The van der Waals surface area contributed by atoms with Gasteiger partial charge in [0, 0.05) is 28.2 Å². The first-order valence-electron chi connectivity index (χ1n) is 9.03. The highest BCUT2D eigenvalue weighted by Crippen LogP contribution is 2.21. The maximum absolute atomic E-state index is 12.3. The summed E-state index contributed by atoms with van der Waals surface area (Å²) in [5.41, 5.74) is 11.0. The summed E-state index contributed by atoms with van der Waals surface area (Å²) in [6, 6.07) is 16.1. The van der Waals surface area contributed by atoms with E-state index in [2.05, 4.69) is 67.1 Å². The minimum absolute atomic E-state index is 0.201. The molecule has 138 valence electrons. The SMILES string of the molecule is Cc1cc(C)cc(-n2c(C)cc(/C=N\NC(=O)c3ccccc3C)c2C)c1. The Balaban J connectivity index is 1.83. The van der Waals surface area contributed by atoms with E-state index in [-0.39, 0.29) is 5.91 Å². The van der Waals surface area contributed by atoms with Crippen LogP contribution in [0.4, 0.5) is 0 Å². The molecule has 0 aliphatic heterocycles. The lowest BCUT2D eigenvalue weighted by Gasteiger charge is -2.11. The normalized spacial score (nSPS) is 11.1. The molecule has 3 rings (SSSR count). The molecule has 1 amide bonds. The maximum Gasteiger partial charge on any atom is 0.271 e. The molecule has 1 aromatic heterocycles. The highest BCUT2D eigenvalue weighted by atomic mass is 16.2. The van der Waals surface area contributed by atoms with Gasteiger partial charge in [-0.05, 0) is 75.6 Å². The van der Waals surface area contributed by atoms with Crippen LogP contribution in [-0.4, -0.2) is 16.7 Å². The molecular formula is C23H25N3O. The van der Waals surface area contributed by atoms with Crippen molar-refractivity contribution in [1.82, 2.24) is 9.99 Å². The second kappa shape index (κ2) is 7.62. The summed E-state index contributed by atoms with van der Waals surface area (Å²) in [5, 5.41) is 4.17. The molecule has 0 radical (unpaired) electrons. The van der Waals surface area contributed by atoms with Crippen molar-refractivity contribution >= 4 is 12.1 Å². The number of carbonyl (C=O) groups excluding carboxylic acids is 1. The van der Waals surface area contributed by atoms with Crippen molar-refractivity contribution < 1.29 is 4.79 Å². The van der Waals surface area contributed by atoms with Crippen LogP contribution in [0.3, 0.4) is 0 Å². The molecule has 0 spiro atoms. The van der Waals surface area contributed by atoms with Gasteiger partial charge in [-0.2, -0.15) is 5.10 Å². The number of hydrogen-bond acceptors (Lipinski definition) is 2. The van der Waals surface area contributed by atoms with Crippen LogP contribution in [0.5, 0.6) is 0 Å². The van der Waals surface area contributed by atoms with Gasteiger partial charge in [-0.25, -0.2) is 5.43 Å². The number of carbonyl (C=O) groups is 1. The molecule has 4 heteroatoms. The van der Waals surface area contributed by atoms with Crippen LogP contribution >= 0.6 is 0 Å². The molecule has 3 aromatic rings. The van der Waals surface area contributed by atoms with E-state index in [1.54, 1.807) is 12.3 Å². The first-order chi connectivity index (χ1) is 12.9. The molecule has 1 N–H and O–H groups in total. The van der Waals surface area contributed by atoms with Gasteiger partial charge in [0.05, 0.1) is 6.21 Å². The molecule has 0 aliphatic rings. The number of hydrazone groups is 1. The van der Waals surface area contributed by atoms with Gasteiger partial charge < -0.3 is 4.57 Å². The van der Waals surface area contributed by atoms with E-state index in [1.807, 2.05) is 25.1 Å². The van der Waals surface area contributed by atoms with Crippen LogP contribution < -0.4 is 5.43 Å². The number of hydrogen-bond donors (Lipinski definition) is 1. The number of amides is 1. The van der Waals surface area contributed by atoms with Crippen molar-refractivity contribution in [3.8, 4) is 5.69 Å². The van der Waals surface area contributed by atoms with Crippen molar-refractivity contribution in [2.24, 2.45) is 5.10 Å². The van der Waals surface area contributed by atoms with Crippen LogP contribution in [0.2, 0.25) is 0 Å².